The molecule has 1 saturated heterocycles. The average molecular weight is 509 g/mol. The molecule has 1 atom stereocenters. The van der Waals surface area contributed by atoms with Gasteiger partial charge in [-0.3, -0.25) is 14.9 Å². The fourth-order valence-corrected chi connectivity index (χ4v) is 3.72. The Morgan fingerprint density at radius 3 is 2.66 bits per heavy atom. The van der Waals surface area contributed by atoms with Gasteiger partial charge in [-0.1, -0.05) is 24.3 Å². The van der Waals surface area contributed by atoms with E-state index in [9.17, 15) is 0 Å². The van der Waals surface area contributed by atoms with Gasteiger partial charge in [0.05, 0.1) is 13.2 Å². The maximum Gasteiger partial charge on any atom is 0.191 e. The van der Waals surface area contributed by atoms with E-state index in [-0.39, 0.29) is 30.0 Å². The van der Waals surface area contributed by atoms with E-state index in [0.717, 1.165) is 44.3 Å². The van der Waals surface area contributed by atoms with Crippen LogP contribution in [0.25, 0.3) is 0 Å². The number of ether oxygens (including phenoxy) is 1. The van der Waals surface area contributed by atoms with Crippen molar-refractivity contribution in [2.75, 3.05) is 40.3 Å². The van der Waals surface area contributed by atoms with Crippen molar-refractivity contribution in [3.8, 4) is 5.75 Å². The molecule has 1 aromatic carbocycles. The summed E-state index contributed by atoms with van der Waals surface area (Å²) in [5, 5.41) is 6.91. The number of methoxy groups -OCH3 is 1. The number of guanidine groups is 1. The van der Waals surface area contributed by atoms with Crippen LogP contribution in [-0.4, -0.2) is 56.2 Å². The second-order valence-corrected chi connectivity index (χ2v) is 6.99. The monoisotopic (exact) mass is 509 g/mol. The van der Waals surface area contributed by atoms with Crippen molar-refractivity contribution >= 4 is 29.9 Å². The quantitative estimate of drug-likeness (QED) is 0.325. The number of hydrogen-bond acceptors (Lipinski definition) is 4. The summed E-state index contributed by atoms with van der Waals surface area (Å²) < 4.78 is 5.63. The van der Waals surface area contributed by atoms with Crippen molar-refractivity contribution in [2.24, 2.45) is 4.99 Å². The van der Waals surface area contributed by atoms with Crippen LogP contribution in [0.2, 0.25) is 0 Å². The van der Waals surface area contributed by atoms with Crippen LogP contribution in [0.1, 0.15) is 30.0 Å². The van der Waals surface area contributed by atoms with Crippen LogP contribution in [-0.2, 0) is 6.42 Å². The number of rotatable bonds is 8. The van der Waals surface area contributed by atoms with E-state index >= 15 is 0 Å². The lowest BCUT2D eigenvalue weighted by atomic mass is 10.0. The standard InChI is InChI=1S/C22H31N5O.HI/c1-23-22(25-13-11-18-8-7-12-24-16-18)26-17-20(27-14-5-6-15-27)19-9-3-4-10-21(19)28-2;/h3-4,7-10,12,16,20H,5-6,11,13-15,17H2,1-2H3,(H2,23,25,26);1H. The Hall–Kier alpha value is -1.87. The molecule has 158 valence electrons. The first-order valence-corrected chi connectivity index (χ1v) is 10.0. The molecule has 0 spiro atoms. The van der Waals surface area contributed by atoms with Crippen LogP contribution in [0.5, 0.6) is 5.75 Å². The van der Waals surface area contributed by atoms with E-state index in [1.54, 1.807) is 13.3 Å². The van der Waals surface area contributed by atoms with Crippen LogP contribution in [0, 0.1) is 0 Å². The number of likely N-dealkylation sites (tertiary alicyclic amines) is 1. The molecule has 0 bridgehead atoms. The molecule has 1 unspecified atom stereocenters. The lowest BCUT2D eigenvalue weighted by Gasteiger charge is -2.30. The summed E-state index contributed by atoms with van der Waals surface area (Å²) in [6.07, 6.45) is 7.13. The number of para-hydroxylation sites is 1. The smallest absolute Gasteiger partial charge is 0.191 e. The third-order valence-corrected chi connectivity index (χ3v) is 5.19. The topological polar surface area (TPSA) is 61.8 Å². The molecule has 0 amide bonds. The third-order valence-electron chi connectivity index (χ3n) is 5.19. The van der Waals surface area contributed by atoms with Gasteiger partial charge in [0.15, 0.2) is 5.96 Å². The Labute approximate surface area is 191 Å². The number of nitrogens with zero attached hydrogens (tertiary/aromatic N) is 3. The summed E-state index contributed by atoms with van der Waals surface area (Å²) >= 11 is 0. The first kappa shape index (κ1) is 23.4. The van der Waals surface area contributed by atoms with Crippen LogP contribution in [0.3, 0.4) is 0 Å². The Bertz CT molecular complexity index is 750. The number of hydrogen-bond donors (Lipinski definition) is 2. The second kappa shape index (κ2) is 12.6. The lowest BCUT2D eigenvalue weighted by molar-refractivity contribution is 0.239. The molecular formula is C22H32IN5O. The number of nitrogens with one attached hydrogen (secondary N) is 2. The van der Waals surface area contributed by atoms with E-state index in [1.807, 2.05) is 31.4 Å². The average Bonchev–Trinajstić information content (AvgIpc) is 3.28. The van der Waals surface area contributed by atoms with Crippen molar-refractivity contribution in [3.05, 3.63) is 59.9 Å². The Balaban J connectivity index is 0.00000300. The maximum absolute atomic E-state index is 5.63. The lowest BCUT2D eigenvalue weighted by Crippen LogP contribution is -2.43. The van der Waals surface area contributed by atoms with E-state index in [0.29, 0.717) is 0 Å². The molecule has 0 aliphatic carbocycles. The van der Waals surface area contributed by atoms with Gasteiger partial charge in [0, 0.05) is 38.1 Å². The number of benzene rings is 1. The zero-order chi connectivity index (χ0) is 19.6. The van der Waals surface area contributed by atoms with Crippen molar-refractivity contribution < 1.29 is 4.74 Å². The molecule has 2 heterocycles. The van der Waals surface area contributed by atoms with Crippen molar-refractivity contribution in [3.63, 3.8) is 0 Å². The van der Waals surface area contributed by atoms with Gasteiger partial charge in [-0.25, -0.2) is 0 Å². The summed E-state index contributed by atoms with van der Waals surface area (Å²) in [7, 11) is 3.56. The maximum atomic E-state index is 5.63. The normalized spacial score (nSPS) is 15.4. The molecule has 1 aliphatic rings. The molecule has 3 rings (SSSR count). The third kappa shape index (κ3) is 6.85. The van der Waals surface area contributed by atoms with E-state index < -0.39 is 0 Å². The van der Waals surface area contributed by atoms with Crippen molar-refractivity contribution in [1.29, 1.82) is 0 Å². The number of halogens is 1. The highest BCUT2D eigenvalue weighted by Gasteiger charge is 2.25. The zero-order valence-corrected chi connectivity index (χ0v) is 19.6. The predicted octanol–water partition coefficient (Wildman–Crippen LogP) is 3.25. The van der Waals surface area contributed by atoms with Gasteiger partial charge in [0.25, 0.3) is 0 Å². The second-order valence-electron chi connectivity index (χ2n) is 6.99. The first-order chi connectivity index (χ1) is 13.8. The Kier molecular flexibility index (Phi) is 10.2. The fourth-order valence-electron chi connectivity index (χ4n) is 3.72. The molecule has 29 heavy (non-hydrogen) atoms. The minimum Gasteiger partial charge on any atom is -0.496 e. The van der Waals surface area contributed by atoms with E-state index in [4.69, 9.17) is 4.74 Å². The molecule has 1 aliphatic heterocycles. The molecule has 1 fully saturated rings. The van der Waals surface area contributed by atoms with E-state index in [2.05, 4.69) is 43.7 Å². The van der Waals surface area contributed by atoms with Gasteiger partial charge in [-0.05, 0) is 50.0 Å². The minimum absolute atomic E-state index is 0. The summed E-state index contributed by atoms with van der Waals surface area (Å²) in [6, 6.07) is 12.6. The van der Waals surface area contributed by atoms with Gasteiger partial charge in [0.2, 0.25) is 0 Å². The molecule has 2 aromatic rings. The molecule has 2 N–H and O–H groups in total. The summed E-state index contributed by atoms with van der Waals surface area (Å²) in [6.45, 7) is 3.84. The Morgan fingerprint density at radius 1 is 1.17 bits per heavy atom. The molecule has 7 heteroatoms. The molecule has 1 aromatic heterocycles. The van der Waals surface area contributed by atoms with Gasteiger partial charge < -0.3 is 15.4 Å². The largest absolute Gasteiger partial charge is 0.496 e. The highest BCUT2D eigenvalue weighted by molar-refractivity contribution is 14.0. The van der Waals surface area contributed by atoms with Gasteiger partial charge in [-0.15, -0.1) is 24.0 Å². The van der Waals surface area contributed by atoms with Crippen LogP contribution < -0.4 is 15.4 Å². The Morgan fingerprint density at radius 2 is 1.97 bits per heavy atom. The van der Waals surface area contributed by atoms with Crippen LogP contribution in [0.15, 0.2) is 53.8 Å². The van der Waals surface area contributed by atoms with Gasteiger partial charge >= 0.3 is 0 Å². The first-order valence-electron chi connectivity index (χ1n) is 10.0. The van der Waals surface area contributed by atoms with E-state index in [1.165, 1.54) is 24.0 Å². The molecule has 6 nitrogen and oxygen atoms in total. The molecule has 0 saturated carbocycles. The minimum atomic E-state index is 0. The molecule has 0 radical (unpaired) electrons. The fraction of sp³-hybridized carbons (Fsp3) is 0.455. The van der Waals surface area contributed by atoms with Crippen LogP contribution >= 0.6 is 24.0 Å². The van der Waals surface area contributed by atoms with Crippen LogP contribution in [0.4, 0.5) is 0 Å². The molecular weight excluding hydrogens is 477 g/mol. The number of aliphatic imine (C=N–C) groups is 1. The highest BCUT2D eigenvalue weighted by Crippen LogP contribution is 2.31. The summed E-state index contributed by atoms with van der Waals surface area (Å²) in [5.74, 6) is 1.77. The number of aromatic nitrogens is 1. The predicted molar refractivity (Wildman–Crippen MR) is 129 cm³/mol. The summed E-state index contributed by atoms with van der Waals surface area (Å²) in [5.41, 5.74) is 2.44. The summed E-state index contributed by atoms with van der Waals surface area (Å²) in [4.78, 5) is 11.1. The highest BCUT2D eigenvalue weighted by atomic mass is 127. The van der Waals surface area contributed by atoms with Crippen molar-refractivity contribution in [1.82, 2.24) is 20.5 Å². The van der Waals surface area contributed by atoms with Gasteiger partial charge in [0.1, 0.15) is 5.75 Å². The van der Waals surface area contributed by atoms with Crippen molar-refractivity contribution in [2.45, 2.75) is 25.3 Å². The SMILES string of the molecule is CN=C(NCCc1cccnc1)NCC(c1ccccc1OC)N1CCCC1.I. The van der Waals surface area contributed by atoms with Gasteiger partial charge in [-0.2, -0.15) is 0 Å². The number of pyridine rings is 1. The zero-order valence-electron chi connectivity index (χ0n) is 17.3.